The third-order valence-corrected chi connectivity index (χ3v) is 7.34. The number of nitrogens with one attached hydrogen (secondary N) is 3. The van der Waals surface area contributed by atoms with Crippen molar-refractivity contribution in [1.82, 2.24) is 15.1 Å². The molecule has 0 radical (unpaired) electrons. The molecule has 0 unspecified atom stereocenters. The summed E-state index contributed by atoms with van der Waals surface area (Å²) >= 11 is 0. The molecule has 36 heavy (non-hydrogen) atoms. The number of aromatic amines is 1. The van der Waals surface area contributed by atoms with Crippen molar-refractivity contribution in [1.29, 1.82) is 10.9 Å². The topological polar surface area (TPSA) is 139 Å². The second-order valence-corrected chi connectivity index (χ2v) is 9.19. The van der Waals surface area contributed by atoms with Crippen molar-refractivity contribution >= 4 is 23.3 Å². The molecule has 1 aromatic heterocycles. The van der Waals surface area contributed by atoms with Crippen molar-refractivity contribution in [3.8, 4) is 16.9 Å². The molecule has 2 amide bonds. The summed E-state index contributed by atoms with van der Waals surface area (Å²) in [6.07, 6.45) is 5.54. The van der Waals surface area contributed by atoms with E-state index in [4.69, 9.17) is 15.7 Å². The number of hydrogen-bond donors (Lipinski definition) is 3. The molecule has 0 aliphatic carbocycles. The summed E-state index contributed by atoms with van der Waals surface area (Å²) in [5.41, 5.74) is 10.1. The third-order valence-electron chi connectivity index (χ3n) is 7.34. The first-order valence-corrected chi connectivity index (χ1v) is 11.8. The molecule has 1 spiro atoms. The van der Waals surface area contributed by atoms with Gasteiger partial charge in [-0.3, -0.25) is 20.1 Å². The second-order valence-electron chi connectivity index (χ2n) is 9.19. The lowest BCUT2D eigenvalue weighted by Gasteiger charge is -2.38. The highest BCUT2D eigenvalue weighted by molar-refractivity contribution is 6.01. The van der Waals surface area contributed by atoms with Crippen LogP contribution in [0.3, 0.4) is 0 Å². The smallest absolute Gasteiger partial charge is 0.253 e. The maximum atomic E-state index is 13.6. The van der Waals surface area contributed by atoms with Gasteiger partial charge in [-0.1, -0.05) is 12.1 Å². The molecule has 3 aromatic rings. The molecule has 0 atom stereocenters. The normalized spacial score (nSPS) is 16.9. The number of rotatable bonds is 5. The molecule has 0 bridgehead atoms. The van der Waals surface area contributed by atoms with Crippen molar-refractivity contribution in [2.45, 2.75) is 19.3 Å². The maximum Gasteiger partial charge on any atom is 0.253 e. The van der Waals surface area contributed by atoms with Gasteiger partial charge in [0, 0.05) is 59.8 Å². The zero-order valence-corrected chi connectivity index (χ0v) is 20.0. The van der Waals surface area contributed by atoms with Crippen LogP contribution in [-0.4, -0.2) is 59.5 Å². The summed E-state index contributed by atoms with van der Waals surface area (Å²) < 4.78 is 5.60. The van der Waals surface area contributed by atoms with Crippen LogP contribution in [0.25, 0.3) is 11.1 Å². The molecule has 2 fully saturated rings. The number of amidine groups is 1. The van der Waals surface area contributed by atoms with Crippen LogP contribution >= 0.6 is 0 Å². The first-order valence-electron chi connectivity index (χ1n) is 11.8. The highest BCUT2D eigenvalue weighted by Gasteiger charge is 2.49. The largest absolute Gasteiger partial charge is 0.496 e. The zero-order chi connectivity index (χ0) is 25.3. The number of piperidine rings is 1. The van der Waals surface area contributed by atoms with E-state index in [1.165, 1.54) is 0 Å². The van der Waals surface area contributed by atoms with Crippen molar-refractivity contribution in [2.75, 3.05) is 31.6 Å². The van der Waals surface area contributed by atoms with E-state index in [9.17, 15) is 9.59 Å². The molecule has 2 saturated heterocycles. The summed E-state index contributed by atoms with van der Waals surface area (Å²) in [7, 11) is 1.62. The van der Waals surface area contributed by atoms with Gasteiger partial charge in [-0.25, -0.2) is 5.53 Å². The van der Waals surface area contributed by atoms with E-state index in [0.29, 0.717) is 49.4 Å². The maximum absolute atomic E-state index is 13.6. The Bertz CT molecular complexity index is 1310. The number of carbonyl (C=O) groups is 2. The Kier molecular flexibility index (Phi) is 6.09. The Hall–Kier alpha value is -4.34. The second kappa shape index (κ2) is 9.37. The minimum Gasteiger partial charge on any atom is -0.496 e. The third kappa shape index (κ3) is 4.04. The van der Waals surface area contributed by atoms with Gasteiger partial charge in [-0.05, 0) is 43.5 Å². The fourth-order valence-electron chi connectivity index (χ4n) is 5.17. The first kappa shape index (κ1) is 23.4. The number of H-pyrrole nitrogens is 1. The molecule has 2 aliphatic rings. The molecule has 10 heteroatoms. The Balaban J connectivity index is 1.27. The standard InChI is InChI=1S/C26H27N7O3/c1-36-22-14-20(6-7-21(22)19-15-29-30-16-19)33-13-10-26(25(33)35)8-11-32(12-9-26)24(34)18-4-2-17(3-5-18)23(27)31-28/h2-7,14-16,27-28H,8-13H2,1H3,(H,29,30). The Morgan fingerprint density at radius 2 is 1.78 bits per heavy atom. The Labute approximate surface area is 208 Å². The molecule has 3 N–H and O–H groups in total. The summed E-state index contributed by atoms with van der Waals surface area (Å²) in [4.78, 5) is 30.2. The van der Waals surface area contributed by atoms with Gasteiger partial charge in [0.15, 0.2) is 5.84 Å². The molecule has 2 aromatic carbocycles. The molecular formula is C26H27N7O3. The van der Waals surface area contributed by atoms with E-state index >= 15 is 0 Å². The minimum absolute atomic E-state index is 0.0902. The summed E-state index contributed by atoms with van der Waals surface area (Å²) in [6.45, 7) is 1.66. The van der Waals surface area contributed by atoms with Crippen LogP contribution in [0.2, 0.25) is 0 Å². The predicted octanol–water partition coefficient (Wildman–Crippen LogP) is 4.10. The quantitative estimate of drug-likeness (QED) is 0.284. The minimum atomic E-state index is -0.457. The lowest BCUT2D eigenvalue weighted by molar-refractivity contribution is -0.127. The fraction of sp³-hybridized carbons (Fsp3) is 0.308. The molecule has 2 aliphatic heterocycles. The van der Waals surface area contributed by atoms with E-state index in [-0.39, 0.29) is 17.6 Å². The number of anilines is 1. The highest BCUT2D eigenvalue weighted by Crippen LogP contribution is 2.44. The van der Waals surface area contributed by atoms with Gasteiger partial charge >= 0.3 is 0 Å². The number of aromatic nitrogens is 2. The number of carbonyl (C=O) groups excluding carboxylic acids is 2. The van der Waals surface area contributed by atoms with Crippen LogP contribution in [0.1, 0.15) is 35.2 Å². The van der Waals surface area contributed by atoms with E-state index in [1.54, 1.807) is 48.7 Å². The lowest BCUT2D eigenvalue weighted by atomic mass is 9.77. The van der Waals surface area contributed by atoms with Gasteiger partial charge < -0.3 is 14.5 Å². The number of ether oxygens (including phenoxy) is 1. The van der Waals surface area contributed by atoms with Crippen LogP contribution in [0, 0.1) is 16.4 Å². The summed E-state index contributed by atoms with van der Waals surface area (Å²) in [5.74, 6) is 0.551. The fourth-order valence-corrected chi connectivity index (χ4v) is 5.17. The molecule has 0 saturated carbocycles. The molecule has 10 nitrogen and oxygen atoms in total. The van der Waals surface area contributed by atoms with E-state index in [1.807, 2.05) is 23.1 Å². The first-order chi connectivity index (χ1) is 17.5. The van der Waals surface area contributed by atoms with Gasteiger partial charge in [-0.2, -0.15) is 5.10 Å². The van der Waals surface area contributed by atoms with Crippen molar-refractivity contribution in [3.05, 3.63) is 66.0 Å². The van der Waals surface area contributed by atoms with Gasteiger partial charge in [0.2, 0.25) is 5.91 Å². The number of nitrogens with zero attached hydrogens (tertiary/aromatic N) is 4. The van der Waals surface area contributed by atoms with E-state index < -0.39 is 5.41 Å². The monoisotopic (exact) mass is 485 g/mol. The van der Waals surface area contributed by atoms with Gasteiger partial charge in [0.25, 0.3) is 5.91 Å². The number of likely N-dealkylation sites (tertiary alicyclic amines) is 1. The lowest BCUT2D eigenvalue weighted by Crippen LogP contribution is -2.46. The Morgan fingerprint density at radius 1 is 1.08 bits per heavy atom. The van der Waals surface area contributed by atoms with E-state index in [2.05, 4.69) is 15.3 Å². The average molecular weight is 486 g/mol. The van der Waals surface area contributed by atoms with Crippen LogP contribution in [0.15, 0.2) is 60.0 Å². The van der Waals surface area contributed by atoms with Gasteiger partial charge in [0.1, 0.15) is 5.75 Å². The van der Waals surface area contributed by atoms with Gasteiger partial charge in [0.05, 0.1) is 18.7 Å². The predicted molar refractivity (Wildman–Crippen MR) is 134 cm³/mol. The van der Waals surface area contributed by atoms with Crippen molar-refractivity contribution in [2.24, 2.45) is 10.5 Å². The highest BCUT2D eigenvalue weighted by atomic mass is 16.5. The number of amides is 2. The van der Waals surface area contributed by atoms with Crippen LogP contribution in [0.4, 0.5) is 5.69 Å². The van der Waals surface area contributed by atoms with Gasteiger partial charge in [-0.15, -0.1) is 5.11 Å². The molecule has 5 rings (SSSR count). The zero-order valence-electron chi connectivity index (χ0n) is 20.0. The molecule has 184 valence electrons. The van der Waals surface area contributed by atoms with Crippen molar-refractivity contribution in [3.63, 3.8) is 0 Å². The SMILES string of the molecule is COc1cc(N2CCC3(CCN(C(=O)c4ccc(C(=N)N=N)cc4)CC3)C2=O)ccc1-c1cn[nH]c1. The van der Waals surface area contributed by atoms with Crippen LogP contribution < -0.4 is 9.64 Å². The Morgan fingerprint density at radius 3 is 2.42 bits per heavy atom. The summed E-state index contributed by atoms with van der Waals surface area (Å²) in [6, 6.07) is 12.4. The number of hydrogen-bond acceptors (Lipinski definition) is 6. The van der Waals surface area contributed by atoms with E-state index in [0.717, 1.165) is 23.2 Å². The summed E-state index contributed by atoms with van der Waals surface area (Å²) in [5, 5.41) is 17.5. The molecular weight excluding hydrogens is 458 g/mol. The number of benzene rings is 2. The van der Waals surface area contributed by atoms with Crippen LogP contribution in [0.5, 0.6) is 5.75 Å². The van der Waals surface area contributed by atoms with Crippen LogP contribution in [-0.2, 0) is 4.79 Å². The van der Waals surface area contributed by atoms with Crippen molar-refractivity contribution < 1.29 is 14.3 Å². The molecule has 3 heterocycles. The average Bonchev–Trinajstić information content (AvgIpc) is 3.57. The number of methoxy groups -OCH3 is 1.